The predicted molar refractivity (Wildman–Crippen MR) is 112 cm³/mol. The SMILES string of the molecule is C[C@@H]1CCCC[C@H]1NC(=O)NC(=O)COC(=O)c1ccc(C2SCCS2)cc1. The van der Waals surface area contributed by atoms with Crippen molar-refractivity contribution < 1.29 is 19.1 Å². The number of carbonyl (C=O) groups excluding carboxylic acids is 3. The van der Waals surface area contributed by atoms with Crippen molar-refractivity contribution in [2.45, 2.75) is 43.2 Å². The monoisotopic (exact) mass is 422 g/mol. The molecule has 3 rings (SSSR count). The van der Waals surface area contributed by atoms with Gasteiger partial charge in [-0.05, 0) is 36.5 Å². The van der Waals surface area contributed by atoms with Gasteiger partial charge in [-0.15, -0.1) is 23.5 Å². The maximum atomic E-state index is 12.1. The van der Waals surface area contributed by atoms with Crippen molar-refractivity contribution in [1.82, 2.24) is 10.6 Å². The molecule has 28 heavy (non-hydrogen) atoms. The van der Waals surface area contributed by atoms with E-state index in [4.69, 9.17) is 4.74 Å². The molecule has 0 unspecified atom stereocenters. The molecule has 2 atom stereocenters. The summed E-state index contributed by atoms with van der Waals surface area (Å²) in [6, 6.07) is 6.82. The normalized spacial score (nSPS) is 22.5. The van der Waals surface area contributed by atoms with Gasteiger partial charge in [-0.2, -0.15) is 0 Å². The first-order chi connectivity index (χ1) is 13.5. The molecule has 1 aromatic rings. The van der Waals surface area contributed by atoms with Crippen molar-refractivity contribution in [2.24, 2.45) is 5.92 Å². The molecule has 2 aliphatic rings. The van der Waals surface area contributed by atoms with Gasteiger partial charge >= 0.3 is 12.0 Å². The number of amides is 3. The van der Waals surface area contributed by atoms with E-state index in [1.54, 1.807) is 12.1 Å². The molecule has 152 valence electrons. The third kappa shape index (κ3) is 5.91. The lowest BCUT2D eigenvalue weighted by Gasteiger charge is -2.29. The highest BCUT2D eigenvalue weighted by molar-refractivity contribution is 8.19. The van der Waals surface area contributed by atoms with Crippen LogP contribution in [0.1, 0.15) is 53.1 Å². The fourth-order valence-electron chi connectivity index (χ4n) is 3.44. The summed E-state index contributed by atoms with van der Waals surface area (Å²) in [5.74, 6) is 1.47. The zero-order valence-corrected chi connectivity index (χ0v) is 17.6. The fourth-order valence-corrected chi connectivity index (χ4v) is 6.30. The topological polar surface area (TPSA) is 84.5 Å². The molecule has 1 aliphatic heterocycles. The van der Waals surface area contributed by atoms with Crippen LogP contribution in [0.3, 0.4) is 0 Å². The molecular weight excluding hydrogens is 396 g/mol. The van der Waals surface area contributed by atoms with E-state index in [1.807, 2.05) is 35.7 Å². The van der Waals surface area contributed by atoms with Gasteiger partial charge in [-0.1, -0.05) is 31.9 Å². The zero-order valence-electron chi connectivity index (χ0n) is 15.9. The average molecular weight is 423 g/mol. The predicted octanol–water partition coefficient (Wildman–Crippen LogP) is 3.73. The number of hydrogen-bond acceptors (Lipinski definition) is 6. The minimum absolute atomic E-state index is 0.0822. The summed E-state index contributed by atoms with van der Waals surface area (Å²) in [5, 5.41) is 5.07. The molecule has 8 heteroatoms. The summed E-state index contributed by atoms with van der Waals surface area (Å²) in [7, 11) is 0. The molecule has 0 aromatic heterocycles. The molecule has 1 aliphatic carbocycles. The molecule has 6 nitrogen and oxygen atoms in total. The molecular formula is C20H26N2O4S2. The van der Waals surface area contributed by atoms with Crippen molar-refractivity contribution in [3.63, 3.8) is 0 Å². The standard InChI is InChI=1S/C20H26N2O4S2/c1-13-4-2-3-5-16(13)21-20(25)22-17(23)12-26-18(24)14-6-8-15(9-7-14)19-27-10-11-28-19/h6-9,13,16,19H,2-5,10-12H2,1H3,(H2,21,22,23,25)/t13-,16-/m1/s1. The van der Waals surface area contributed by atoms with Gasteiger partial charge in [-0.25, -0.2) is 9.59 Å². The van der Waals surface area contributed by atoms with Gasteiger partial charge in [0.2, 0.25) is 0 Å². The van der Waals surface area contributed by atoms with Crippen LogP contribution in [0.25, 0.3) is 0 Å². The van der Waals surface area contributed by atoms with E-state index in [2.05, 4.69) is 17.6 Å². The number of nitrogens with one attached hydrogen (secondary N) is 2. The van der Waals surface area contributed by atoms with Gasteiger partial charge in [0, 0.05) is 17.5 Å². The summed E-state index contributed by atoms with van der Waals surface area (Å²) in [4.78, 5) is 36.0. The van der Waals surface area contributed by atoms with Gasteiger partial charge < -0.3 is 10.1 Å². The van der Waals surface area contributed by atoms with E-state index >= 15 is 0 Å². The van der Waals surface area contributed by atoms with E-state index in [-0.39, 0.29) is 6.04 Å². The lowest BCUT2D eigenvalue weighted by Crippen LogP contribution is -2.48. The maximum absolute atomic E-state index is 12.1. The van der Waals surface area contributed by atoms with Crippen LogP contribution in [-0.4, -0.2) is 42.1 Å². The van der Waals surface area contributed by atoms with Crippen LogP contribution in [0.4, 0.5) is 4.79 Å². The van der Waals surface area contributed by atoms with Crippen LogP contribution in [0.5, 0.6) is 0 Å². The van der Waals surface area contributed by atoms with E-state index in [9.17, 15) is 14.4 Å². The third-order valence-electron chi connectivity index (χ3n) is 5.06. The lowest BCUT2D eigenvalue weighted by atomic mass is 9.86. The molecule has 1 saturated heterocycles. The second-order valence-corrected chi connectivity index (χ2v) is 9.89. The van der Waals surface area contributed by atoms with Gasteiger partial charge in [0.05, 0.1) is 10.1 Å². The second-order valence-electron chi connectivity index (χ2n) is 7.16. The Bertz CT molecular complexity index is 705. The number of urea groups is 1. The molecule has 2 fully saturated rings. The Morgan fingerprint density at radius 3 is 2.43 bits per heavy atom. The first-order valence-corrected chi connectivity index (χ1v) is 11.7. The van der Waals surface area contributed by atoms with Gasteiger partial charge in [0.25, 0.3) is 5.91 Å². The van der Waals surface area contributed by atoms with E-state index < -0.39 is 24.5 Å². The Morgan fingerprint density at radius 1 is 1.07 bits per heavy atom. The summed E-state index contributed by atoms with van der Waals surface area (Å²) in [5.41, 5.74) is 1.57. The summed E-state index contributed by atoms with van der Waals surface area (Å²) in [6.45, 7) is 1.62. The average Bonchev–Trinajstić information content (AvgIpc) is 3.23. The van der Waals surface area contributed by atoms with Crippen molar-refractivity contribution in [3.8, 4) is 0 Å². The van der Waals surface area contributed by atoms with E-state index in [0.717, 1.165) is 30.8 Å². The van der Waals surface area contributed by atoms with Crippen molar-refractivity contribution >= 4 is 41.4 Å². The molecule has 1 heterocycles. The highest BCUT2D eigenvalue weighted by Gasteiger charge is 2.23. The summed E-state index contributed by atoms with van der Waals surface area (Å²) < 4.78 is 5.44. The number of esters is 1. The molecule has 3 amide bonds. The first kappa shape index (κ1) is 21.0. The number of hydrogen-bond donors (Lipinski definition) is 2. The highest BCUT2D eigenvalue weighted by Crippen LogP contribution is 2.45. The van der Waals surface area contributed by atoms with Crippen LogP contribution < -0.4 is 10.6 Å². The first-order valence-electron chi connectivity index (χ1n) is 9.63. The number of carbonyl (C=O) groups is 3. The maximum Gasteiger partial charge on any atom is 0.338 e. The number of benzene rings is 1. The van der Waals surface area contributed by atoms with Crippen molar-refractivity contribution in [2.75, 3.05) is 18.1 Å². The molecule has 0 spiro atoms. The van der Waals surface area contributed by atoms with Crippen molar-refractivity contribution in [1.29, 1.82) is 0 Å². The van der Waals surface area contributed by atoms with Gasteiger partial charge in [0.1, 0.15) is 0 Å². The highest BCUT2D eigenvalue weighted by atomic mass is 32.2. The Labute approximate surface area is 173 Å². The smallest absolute Gasteiger partial charge is 0.338 e. The van der Waals surface area contributed by atoms with Crippen molar-refractivity contribution in [3.05, 3.63) is 35.4 Å². The van der Waals surface area contributed by atoms with Crippen LogP contribution in [0.2, 0.25) is 0 Å². The minimum atomic E-state index is -0.635. The minimum Gasteiger partial charge on any atom is -0.452 e. The third-order valence-corrected chi connectivity index (χ3v) is 8.16. The number of ether oxygens (including phenoxy) is 1. The number of thioether (sulfide) groups is 2. The fraction of sp³-hybridized carbons (Fsp3) is 0.550. The molecule has 1 saturated carbocycles. The largest absolute Gasteiger partial charge is 0.452 e. The Morgan fingerprint density at radius 2 is 1.75 bits per heavy atom. The molecule has 0 radical (unpaired) electrons. The molecule has 2 N–H and O–H groups in total. The summed E-state index contributed by atoms with van der Waals surface area (Å²) in [6.07, 6.45) is 4.26. The van der Waals surface area contributed by atoms with E-state index in [1.165, 1.54) is 12.0 Å². The van der Waals surface area contributed by atoms with Gasteiger partial charge in [0.15, 0.2) is 6.61 Å². The summed E-state index contributed by atoms with van der Waals surface area (Å²) >= 11 is 3.80. The lowest BCUT2D eigenvalue weighted by molar-refractivity contribution is -0.123. The zero-order chi connectivity index (χ0) is 19.9. The van der Waals surface area contributed by atoms with Crippen LogP contribution in [0, 0.1) is 5.92 Å². The quantitative estimate of drug-likeness (QED) is 0.704. The number of rotatable bonds is 5. The van der Waals surface area contributed by atoms with Gasteiger partial charge in [-0.3, -0.25) is 10.1 Å². The second kappa shape index (κ2) is 10.2. The Hall–Kier alpha value is -1.67. The Kier molecular flexibility index (Phi) is 7.67. The molecule has 1 aromatic carbocycles. The van der Waals surface area contributed by atoms with E-state index in [0.29, 0.717) is 16.1 Å². The Balaban J connectivity index is 1.41. The van der Waals surface area contributed by atoms with Crippen LogP contribution in [-0.2, 0) is 9.53 Å². The van der Waals surface area contributed by atoms with Crippen LogP contribution >= 0.6 is 23.5 Å². The molecule has 0 bridgehead atoms. The number of imide groups is 1. The van der Waals surface area contributed by atoms with Crippen LogP contribution in [0.15, 0.2) is 24.3 Å².